The van der Waals surface area contributed by atoms with Gasteiger partial charge in [0.25, 0.3) is 5.91 Å². The van der Waals surface area contributed by atoms with Gasteiger partial charge in [0.15, 0.2) is 5.82 Å². The fraction of sp³-hybridized carbons (Fsp3) is 0.267. The van der Waals surface area contributed by atoms with E-state index >= 15 is 0 Å². The third-order valence-electron chi connectivity index (χ3n) is 6.39. The number of aromatic nitrogens is 4. The van der Waals surface area contributed by atoms with Crippen molar-refractivity contribution in [1.82, 2.24) is 25.3 Å². The number of carbonyl (C=O) groups is 2. The number of nitrogens with one attached hydrogen (secondary N) is 2. The van der Waals surface area contributed by atoms with Crippen molar-refractivity contribution in [1.29, 1.82) is 5.26 Å². The first kappa shape index (κ1) is 28.0. The minimum atomic E-state index is -0.826. The minimum absolute atomic E-state index is 0.0309. The van der Waals surface area contributed by atoms with E-state index in [1.807, 2.05) is 0 Å². The summed E-state index contributed by atoms with van der Waals surface area (Å²) in [5.74, 6) is 0.578. The van der Waals surface area contributed by atoms with Crippen LogP contribution < -0.4 is 10.6 Å². The fourth-order valence-corrected chi connectivity index (χ4v) is 3.78. The van der Waals surface area contributed by atoms with E-state index in [1.54, 1.807) is 76.5 Å². The van der Waals surface area contributed by atoms with Gasteiger partial charge in [-0.25, -0.2) is 15.0 Å². The van der Waals surface area contributed by atoms with E-state index in [0.717, 1.165) is 12.8 Å². The molecule has 10 heteroatoms. The van der Waals surface area contributed by atoms with Gasteiger partial charge in [0.1, 0.15) is 5.82 Å². The third kappa shape index (κ3) is 6.69. The number of hydrogen-bond donors (Lipinski definition) is 2. The number of allylic oxidation sites excluding steroid dienone is 4. The number of nitriles is 1. The number of pyridine rings is 2. The van der Waals surface area contributed by atoms with Crippen LogP contribution in [0.25, 0.3) is 17.0 Å². The molecule has 0 aliphatic heterocycles. The molecule has 10 nitrogen and oxygen atoms in total. The Labute approximate surface area is 233 Å². The van der Waals surface area contributed by atoms with Gasteiger partial charge in [0.2, 0.25) is 5.91 Å². The van der Waals surface area contributed by atoms with Gasteiger partial charge in [-0.3, -0.25) is 19.6 Å². The van der Waals surface area contributed by atoms with Crippen LogP contribution in [0.15, 0.2) is 71.4 Å². The highest BCUT2D eigenvalue weighted by Gasteiger charge is 2.29. The Morgan fingerprint density at radius 3 is 2.52 bits per heavy atom. The van der Waals surface area contributed by atoms with Crippen LogP contribution in [-0.2, 0) is 10.2 Å². The van der Waals surface area contributed by atoms with Gasteiger partial charge in [-0.15, -0.1) is 0 Å². The molecule has 2 amide bonds. The number of rotatable bonds is 9. The van der Waals surface area contributed by atoms with Crippen LogP contribution in [0, 0.1) is 17.2 Å². The number of anilines is 1. The van der Waals surface area contributed by atoms with Gasteiger partial charge in [-0.1, -0.05) is 0 Å². The predicted octanol–water partition coefficient (Wildman–Crippen LogP) is 4.85. The molecule has 1 aliphatic rings. The summed E-state index contributed by atoms with van der Waals surface area (Å²) >= 11 is 0. The summed E-state index contributed by atoms with van der Waals surface area (Å²) < 4.78 is 0. The lowest BCUT2D eigenvalue weighted by molar-refractivity contribution is -0.117. The fourth-order valence-electron chi connectivity index (χ4n) is 3.78. The first-order valence-corrected chi connectivity index (χ1v) is 12.8. The van der Waals surface area contributed by atoms with E-state index in [-0.39, 0.29) is 17.7 Å². The van der Waals surface area contributed by atoms with Crippen LogP contribution in [0.4, 0.5) is 5.82 Å². The Balaban J connectivity index is 1.58. The molecule has 202 valence electrons. The molecule has 1 aliphatic carbocycles. The van der Waals surface area contributed by atoms with Crippen LogP contribution in [-0.4, -0.2) is 38.5 Å². The van der Waals surface area contributed by atoms with Crippen LogP contribution in [0.3, 0.4) is 0 Å². The molecule has 0 aromatic carbocycles. The molecular formula is C30H30N8O2. The molecule has 3 aromatic heterocycles. The standard InChI is InChI=1S/C30H30N8O2/c1-18(36-29(40)22-9-11-33-25(15-22)30(3,4)17-31)14-23(19(2)32-5)24-10-13-35-27(37-24)21-8-12-34-26(16-21)38-28(39)20-6-7-20/h8-16,20H,5-7H2,1-4H3,(H,36,40)(H,34,38,39)/b18-14+,23-19+. The Hall–Kier alpha value is -5.04. The predicted molar refractivity (Wildman–Crippen MR) is 153 cm³/mol. The SMILES string of the molecule is C=N/C(C)=C(\C=C(/C)NC(=O)c1ccnc(C(C)(C)C#N)c1)c1ccnc(-c2ccnc(NC(=O)C3CC3)c2)n1. The molecule has 4 rings (SSSR count). The second-order valence-corrected chi connectivity index (χ2v) is 10.1. The van der Waals surface area contributed by atoms with Gasteiger partial charge in [0.05, 0.1) is 22.9 Å². The van der Waals surface area contributed by atoms with E-state index in [4.69, 9.17) is 4.98 Å². The number of hydrogen-bond acceptors (Lipinski definition) is 8. The molecule has 0 atom stereocenters. The highest BCUT2D eigenvalue weighted by atomic mass is 16.2. The van der Waals surface area contributed by atoms with Crippen molar-refractivity contribution >= 4 is 29.9 Å². The number of aliphatic imine (C=N–C) groups is 1. The summed E-state index contributed by atoms with van der Waals surface area (Å²) in [5, 5.41) is 15.1. The quantitative estimate of drug-likeness (QED) is 0.295. The molecule has 0 bridgehead atoms. The van der Waals surface area contributed by atoms with Crippen molar-refractivity contribution in [3.05, 3.63) is 83.3 Å². The average molecular weight is 535 g/mol. The summed E-state index contributed by atoms with van der Waals surface area (Å²) in [5.41, 5.74) is 3.14. The first-order chi connectivity index (χ1) is 19.1. The second kappa shape index (κ2) is 11.8. The molecule has 3 aromatic rings. The summed E-state index contributed by atoms with van der Waals surface area (Å²) in [6, 6.07) is 10.7. The summed E-state index contributed by atoms with van der Waals surface area (Å²) in [7, 11) is 0. The highest BCUT2D eigenvalue weighted by molar-refractivity contribution is 5.96. The molecule has 0 saturated heterocycles. The van der Waals surface area contributed by atoms with Crippen LogP contribution in [0.1, 0.15) is 62.3 Å². The Bertz CT molecular complexity index is 1580. The van der Waals surface area contributed by atoms with Crippen LogP contribution in [0.5, 0.6) is 0 Å². The maximum Gasteiger partial charge on any atom is 0.255 e. The molecule has 0 radical (unpaired) electrons. The lowest BCUT2D eigenvalue weighted by Gasteiger charge is -2.15. The topological polar surface area (TPSA) is 146 Å². The zero-order valence-electron chi connectivity index (χ0n) is 22.9. The molecule has 2 N–H and O–H groups in total. The van der Waals surface area contributed by atoms with Gasteiger partial charge >= 0.3 is 0 Å². The van der Waals surface area contributed by atoms with E-state index in [9.17, 15) is 14.9 Å². The monoisotopic (exact) mass is 534 g/mol. The average Bonchev–Trinajstić information content (AvgIpc) is 3.82. The van der Waals surface area contributed by atoms with Crippen molar-refractivity contribution in [2.45, 2.75) is 46.0 Å². The first-order valence-electron chi connectivity index (χ1n) is 12.8. The van der Waals surface area contributed by atoms with Crippen molar-refractivity contribution in [2.24, 2.45) is 10.9 Å². The van der Waals surface area contributed by atoms with Crippen molar-refractivity contribution in [3.63, 3.8) is 0 Å². The maximum absolute atomic E-state index is 13.0. The van der Waals surface area contributed by atoms with Crippen molar-refractivity contribution < 1.29 is 9.59 Å². The summed E-state index contributed by atoms with van der Waals surface area (Å²) in [6.45, 7) is 10.7. The van der Waals surface area contributed by atoms with Gasteiger partial charge in [-0.2, -0.15) is 5.26 Å². The molecule has 40 heavy (non-hydrogen) atoms. The van der Waals surface area contributed by atoms with E-state index < -0.39 is 5.41 Å². The molecule has 3 heterocycles. The van der Waals surface area contributed by atoms with Crippen LogP contribution in [0.2, 0.25) is 0 Å². The lowest BCUT2D eigenvalue weighted by atomic mass is 9.90. The Kier molecular flexibility index (Phi) is 8.24. The summed E-state index contributed by atoms with van der Waals surface area (Å²) in [6.07, 6.45) is 8.32. The normalized spacial score (nSPS) is 14.0. The van der Waals surface area contributed by atoms with Gasteiger partial charge in [-0.05, 0) is 83.7 Å². The largest absolute Gasteiger partial charge is 0.326 e. The summed E-state index contributed by atoms with van der Waals surface area (Å²) in [4.78, 5) is 46.9. The number of amides is 2. The van der Waals surface area contributed by atoms with Crippen molar-refractivity contribution in [2.75, 3.05) is 5.32 Å². The van der Waals surface area contributed by atoms with Gasteiger partial charge in [0, 0.05) is 52.6 Å². The second-order valence-electron chi connectivity index (χ2n) is 10.1. The van der Waals surface area contributed by atoms with E-state index in [2.05, 4.69) is 43.4 Å². The highest BCUT2D eigenvalue weighted by Crippen LogP contribution is 2.30. The van der Waals surface area contributed by atoms with E-state index in [1.165, 1.54) is 6.20 Å². The van der Waals surface area contributed by atoms with Crippen LogP contribution >= 0.6 is 0 Å². The molecule has 1 saturated carbocycles. The third-order valence-corrected chi connectivity index (χ3v) is 6.39. The smallest absolute Gasteiger partial charge is 0.255 e. The Morgan fingerprint density at radius 1 is 1.10 bits per heavy atom. The number of carbonyl (C=O) groups excluding carboxylic acids is 2. The zero-order valence-corrected chi connectivity index (χ0v) is 22.9. The zero-order chi connectivity index (χ0) is 28.9. The van der Waals surface area contributed by atoms with Gasteiger partial charge < -0.3 is 10.6 Å². The molecular weight excluding hydrogens is 504 g/mol. The molecule has 0 spiro atoms. The minimum Gasteiger partial charge on any atom is -0.326 e. The molecule has 0 unspecified atom stereocenters. The maximum atomic E-state index is 13.0. The van der Waals surface area contributed by atoms with Crippen molar-refractivity contribution in [3.8, 4) is 17.5 Å². The van der Waals surface area contributed by atoms with E-state index in [0.29, 0.717) is 51.1 Å². The number of nitrogens with zero attached hydrogens (tertiary/aromatic N) is 6. The Morgan fingerprint density at radius 2 is 1.82 bits per heavy atom. The lowest BCUT2D eigenvalue weighted by Crippen LogP contribution is -2.23. The molecule has 1 fully saturated rings.